The number of H-pyrrole nitrogens is 1. The van der Waals surface area contributed by atoms with Gasteiger partial charge in [-0.25, -0.2) is 9.78 Å². The molecule has 4 nitrogen and oxygen atoms in total. The first-order chi connectivity index (χ1) is 4.20. The molecule has 0 atom stereocenters. The molecule has 0 aromatic carbocycles. The van der Waals surface area contributed by atoms with E-state index in [0.29, 0.717) is 10.3 Å². The number of nitrogens with zero attached hydrogens (tertiary/aromatic N) is 1. The molecular formula is C4H4BrN3O. The molecule has 3 N–H and O–H groups in total. The molecule has 0 fully saturated rings. The van der Waals surface area contributed by atoms with E-state index in [4.69, 9.17) is 5.73 Å². The van der Waals surface area contributed by atoms with Gasteiger partial charge in [-0.15, -0.1) is 0 Å². The van der Waals surface area contributed by atoms with E-state index < -0.39 is 5.69 Å². The van der Waals surface area contributed by atoms with Crippen LogP contribution < -0.4 is 11.4 Å². The van der Waals surface area contributed by atoms with Crippen LogP contribution in [0.4, 0.5) is 5.82 Å². The predicted molar refractivity (Wildman–Crippen MR) is 37.0 cm³/mol. The van der Waals surface area contributed by atoms with Crippen LogP contribution in [0.5, 0.6) is 0 Å². The molecule has 48 valence electrons. The van der Waals surface area contributed by atoms with E-state index in [9.17, 15) is 4.79 Å². The van der Waals surface area contributed by atoms with Crippen LogP contribution in [0.1, 0.15) is 0 Å². The smallest absolute Gasteiger partial charge is 0.346 e. The quantitative estimate of drug-likeness (QED) is 0.612. The van der Waals surface area contributed by atoms with Gasteiger partial charge in [0.05, 0.1) is 10.7 Å². The first-order valence-corrected chi connectivity index (χ1v) is 3.00. The molecule has 0 saturated carbocycles. The number of aromatic nitrogens is 2. The standard InChI is InChI=1S/C4H4BrN3O/c5-2-1-7-4(9)8-3(2)6/h1H,(H3,6,7,8,9)/i4+2. The molecule has 0 bridgehead atoms. The van der Waals surface area contributed by atoms with Crippen molar-refractivity contribution in [1.29, 1.82) is 0 Å². The van der Waals surface area contributed by atoms with Crippen molar-refractivity contribution in [3.8, 4) is 0 Å². The Morgan fingerprint density at radius 1 is 1.89 bits per heavy atom. The highest BCUT2D eigenvalue weighted by Crippen LogP contribution is 2.10. The normalized spacial score (nSPS) is 9.44. The van der Waals surface area contributed by atoms with E-state index in [1.165, 1.54) is 6.20 Å². The molecule has 0 radical (unpaired) electrons. The maximum Gasteiger partial charge on any atom is 0.346 e. The molecule has 1 aromatic rings. The van der Waals surface area contributed by atoms with Gasteiger partial charge in [0.1, 0.15) is 5.82 Å². The Labute approximate surface area is 59.2 Å². The molecule has 1 heterocycles. The second kappa shape index (κ2) is 2.18. The number of nitrogens with one attached hydrogen (secondary N) is 1. The summed E-state index contributed by atoms with van der Waals surface area (Å²) < 4.78 is 0.599. The van der Waals surface area contributed by atoms with Crippen molar-refractivity contribution in [2.24, 2.45) is 0 Å². The van der Waals surface area contributed by atoms with E-state index in [0.717, 1.165) is 0 Å². The Morgan fingerprint density at radius 2 is 2.56 bits per heavy atom. The summed E-state index contributed by atoms with van der Waals surface area (Å²) in [5.41, 5.74) is 4.84. The highest BCUT2D eigenvalue weighted by molar-refractivity contribution is 9.10. The van der Waals surface area contributed by atoms with Crippen LogP contribution in [-0.4, -0.2) is 9.97 Å². The number of halogens is 1. The van der Waals surface area contributed by atoms with E-state index in [2.05, 4.69) is 25.9 Å². The van der Waals surface area contributed by atoms with Gasteiger partial charge in [-0.1, -0.05) is 0 Å². The molecule has 0 aliphatic heterocycles. The average Bonchev–Trinajstić information content (AvgIpc) is 1.80. The van der Waals surface area contributed by atoms with Crippen LogP contribution in [0.2, 0.25) is 0 Å². The van der Waals surface area contributed by atoms with Crippen LogP contribution >= 0.6 is 15.9 Å². The lowest BCUT2D eigenvalue weighted by Gasteiger charge is -1.91. The van der Waals surface area contributed by atoms with Crippen LogP contribution in [-0.2, 0) is 0 Å². The summed E-state index contributed by atoms with van der Waals surface area (Å²) in [6.45, 7) is 0. The zero-order valence-electron chi connectivity index (χ0n) is 4.39. The fourth-order valence-corrected chi connectivity index (χ4v) is 0.594. The summed E-state index contributed by atoms with van der Waals surface area (Å²) in [5, 5.41) is 0. The highest BCUT2D eigenvalue weighted by atomic mass is 79.9. The van der Waals surface area contributed by atoms with Gasteiger partial charge in [-0.3, -0.25) is 4.98 Å². The maximum atomic E-state index is 10.4. The third-order valence-electron chi connectivity index (χ3n) is 0.794. The molecule has 9 heavy (non-hydrogen) atoms. The minimum Gasteiger partial charge on any atom is -0.384 e. The zero-order chi connectivity index (χ0) is 6.85. The lowest BCUT2D eigenvalue weighted by Crippen LogP contribution is -2.11. The molecule has 0 unspecified atom stereocenters. The monoisotopic (exact) mass is 191 g/mol. The minimum atomic E-state index is -0.435. The molecule has 0 spiro atoms. The summed E-state index contributed by atoms with van der Waals surface area (Å²) in [4.78, 5) is 16.1. The molecular weight excluding hydrogens is 188 g/mol. The Hall–Kier alpha value is -0.840. The summed E-state index contributed by atoms with van der Waals surface area (Å²) in [6, 6.07) is 0. The van der Waals surface area contributed by atoms with Gasteiger partial charge in [-0.2, -0.15) is 0 Å². The number of nitrogen functional groups attached to an aromatic ring is 1. The average molecular weight is 192 g/mol. The van der Waals surface area contributed by atoms with Crippen LogP contribution in [0.3, 0.4) is 0 Å². The summed E-state index contributed by atoms with van der Waals surface area (Å²) >= 11 is 3.07. The largest absolute Gasteiger partial charge is 0.384 e. The minimum absolute atomic E-state index is 0.301. The topological polar surface area (TPSA) is 71.8 Å². The van der Waals surface area contributed by atoms with Gasteiger partial charge in [0.15, 0.2) is 0 Å². The van der Waals surface area contributed by atoms with E-state index >= 15 is 0 Å². The van der Waals surface area contributed by atoms with E-state index in [1.54, 1.807) is 0 Å². The van der Waals surface area contributed by atoms with Crippen molar-refractivity contribution >= 4 is 21.7 Å². The Balaban J connectivity index is 3.34. The van der Waals surface area contributed by atoms with Crippen molar-refractivity contribution in [1.82, 2.24) is 9.97 Å². The number of hydrogen-bond donors (Lipinski definition) is 2. The van der Waals surface area contributed by atoms with Crippen LogP contribution in [0.15, 0.2) is 15.5 Å². The summed E-state index contributed by atoms with van der Waals surface area (Å²) in [7, 11) is 0. The second-order valence-corrected chi connectivity index (χ2v) is 2.30. The third-order valence-corrected chi connectivity index (χ3v) is 1.43. The Kier molecular flexibility index (Phi) is 1.52. The van der Waals surface area contributed by atoms with E-state index in [1.807, 2.05) is 0 Å². The van der Waals surface area contributed by atoms with Gasteiger partial charge in [-0.05, 0) is 15.9 Å². The molecule has 0 amide bonds. The number of aromatic amines is 1. The van der Waals surface area contributed by atoms with Crippen molar-refractivity contribution in [2.45, 2.75) is 0 Å². The van der Waals surface area contributed by atoms with Crippen LogP contribution in [0.25, 0.3) is 0 Å². The Bertz CT molecular complexity index is 269. The number of nitrogens with two attached hydrogens (primary N) is 1. The first kappa shape index (κ1) is 6.28. The third kappa shape index (κ3) is 1.29. The van der Waals surface area contributed by atoms with Gasteiger partial charge in [0.25, 0.3) is 0 Å². The molecule has 0 aliphatic carbocycles. The van der Waals surface area contributed by atoms with Crippen molar-refractivity contribution in [3.05, 3.63) is 21.2 Å². The summed E-state index contributed by atoms with van der Waals surface area (Å²) in [6.07, 6.45) is 1.36. The van der Waals surface area contributed by atoms with Gasteiger partial charge in [0.2, 0.25) is 0 Å². The zero-order valence-corrected chi connectivity index (χ0v) is 5.97. The maximum absolute atomic E-state index is 10.4. The highest BCUT2D eigenvalue weighted by Gasteiger charge is 1.92. The lowest BCUT2D eigenvalue weighted by atomic mass is 10.6. The second-order valence-electron chi connectivity index (χ2n) is 1.45. The van der Waals surface area contributed by atoms with E-state index in [-0.39, 0.29) is 0 Å². The fourth-order valence-electron chi connectivity index (χ4n) is 0.392. The molecule has 5 heteroatoms. The van der Waals surface area contributed by atoms with Crippen LogP contribution in [0, 0.1) is 0 Å². The predicted octanol–water partition coefficient (Wildman–Crippen LogP) is 0.115. The molecule has 0 saturated heterocycles. The molecule has 0 aliphatic rings. The first-order valence-electron chi connectivity index (χ1n) is 2.20. The molecule has 1 rings (SSSR count). The molecule has 1 aromatic heterocycles. The fraction of sp³-hybridized carbons (Fsp3) is 0. The SMILES string of the molecule is Nc1[nH][14c](=O)ncc1Br. The van der Waals surface area contributed by atoms with Gasteiger partial charge < -0.3 is 5.73 Å². The van der Waals surface area contributed by atoms with Crippen molar-refractivity contribution in [2.75, 3.05) is 5.73 Å². The lowest BCUT2D eigenvalue weighted by molar-refractivity contribution is 1.07. The summed E-state index contributed by atoms with van der Waals surface area (Å²) in [5.74, 6) is 0.301. The van der Waals surface area contributed by atoms with Gasteiger partial charge in [0, 0.05) is 0 Å². The van der Waals surface area contributed by atoms with Gasteiger partial charge >= 0.3 is 5.69 Å². The van der Waals surface area contributed by atoms with Crippen molar-refractivity contribution in [3.63, 3.8) is 0 Å². The van der Waals surface area contributed by atoms with Crippen molar-refractivity contribution < 1.29 is 0 Å². The number of rotatable bonds is 0. The number of hydrogen-bond acceptors (Lipinski definition) is 3. The number of anilines is 1. The Morgan fingerprint density at radius 3 is 3.00 bits per heavy atom.